The molecule has 0 unspecified atom stereocenters. The molecule has 0 bridgehead atoms. The van der Waals surface area contributed by atoms with Crippen LogP contribution in [0.4, 0.5) is 0 Å². The molecule has 2 heterocycles. The van der Waals surface area contributed by atoms with Crippen LogP contribution >= 0.6 is 0 Å². The zero-order valence-corrected chi connectivity index (χ0v) is 12.2. The van der Waals surface area contributed by atoms with Gasteiger partial charge in [-0.05, 0) is 43.5 Å². The number of rotatable bonds is 2. The van der Waals surface area contributed by atoms with Gasteiger partial charge < -0.3 is 0 Å². The van der Waals surface area contributed by atoms with Gasteiger partial charge in [0.2, 0.25) is 0 Å². The molecule has 0 radical (unpaired) electrons. The lowest BCUT2D eigenvalue weighted by Crippen LogP contribution is -2.34. The molecule has 1 aliphatic heterocycles. The summed E-state index contributed by atoms with van der Waals surface area (Å²) >= 11 is 0. The van der Waals surface area contributed by atoms with Gasteiger partial charge in [-0.3, -0.25) is 15.4 Å². The maximum atomic E-state index is 4.77. The van der Waals surface area contributed by atoms with E-state index in [1.165, 1.54) is 5.56 Å². The summed E-state index contributed by atoms with van der Waals surface area (Å²) in [5, 5.41) is 4.30. The average molecular weight is 278 g/mol. The maximum Gasteiger partial charge on any atom is 0.149 e. The largest absolute Gasteiger partial charge is 0.265 e. The standard InChI is InChI=1S/C17H18N4/c1-17(2)11-14-5-3-4-6-15(14)16(20-17)21-19-12-13-7-9-18-10-8-13/h3-10,12H,11H2,1-2H3,(H,20,21)/b19-12+. The number of hydrogen-bond donors (Lipinski definition) is 1. The number of amidine groups is 1. The van der Waals surface area contributed by atoms with Crippen LogP contribution < -0.4 is 5.43 Å². The topological polar surface area (TPSA) is 49.6 Å². The van der Waals surface area contributed by atoms with E-state index in [9.17, 15) is 0 Å². The second kappa shape index (κ2) is 5.48. The summed E-state index contributed by atoms with van der Waals surface area (Å²) in [6.45, 7) is 4.27. The van der Waals surface area contributed by atoms with Crippen LogP contribution in [0.15, 0.2) is 58.9 Å². The fourth-order valence-corrected chi connectivity index (χ4v) is 2.48. The van der Waals surface area contributed by atoms with Gasteiger partial charge in [0.15, 0.2) is 0 Å². The number of pyridine rings is 1. The highest BCUT2D eigenvalue weighted by atomic mass is 15.3. The number of hydrazone groups is 1. The minimum Gasteiger partial charge on any atom is -0.265 e. The van der Waals surface area contributed by atoms with E-state index in [4.69, 9.17) is 4.99 Å². The summed E-state index contributed by atoms with van der Waals surface area (Å²) in [7, 11) is 0. The predicted octanol–water partition coefficient (Wildman–Crippen LogP) is 2.79. The molecule has 21 heavy (non-hydrogen) atoms. The first kappa shape index (κ1) is 13.5. The van der Waals surface area contributed by atoms with Crippen molar-refractivity contribution in [3.8, 4) is 0 Å². The van der Waals surface area contributed by atoms with E-state index in [1.54, 1.807) is 18.6 Å². The third kappa shape index (κ3) is 3.16. The quantitative estimate of drug-likeness (QED) is 0.678. The normalized spacial score (nSPS) is 16.4. The van der Waals surface area contributed by atoms with Crippen LogP contribution in [-0.4, -0.2) is 22.6 Å². The number of nitrogens with zero attached hydrogens (tertiary/aromatic N) is 3. The molecule has 0 atom stereocenters. The second-order valence-electron chi connectivity index (χ2n) is 5.76. The summed E-state index contributed by atoms with van der Waals surface area (Å²) in [6.07, 6.45) is 6.21. The number of aliphatic imine (C=N–C) groups is 1. The number of hydrogen-bond acceptors (Lipinski definition) is 4. The Hall–Kier alpha value is -2.49. The molecule has 4 heteroatoms. The average Bonchev–Trinajstić information content (AvgIpc) is 2.47. The summed E-state index contributed by atoms with van der Waals surface area (Å²) in [6, 6.07) is 12.1. The first-order valence-corrected chi connectivity index (χ1v) is 7.01. The minimum atomic E-state index is -0.108. The Balaban J connectivity index is 1.83. The van der Waals surface area contributed by atoms with Crippen LogP contribution in [0.5, 0.6) is 0 Å². The van der Waals surface area contributed by atoms with Gasteiger partial charge in [0.05, 0.1) is 11.8 Å². The zero-order valence-electron chi connectivity index (χ0n) is 12.2. The fourth-order valence-electron chi connectivity index (χ4n) is 2.48. The lowest BCUT2D eigenvalue weighted by molar-refractivity contribution is 0.509. The Bertz CT molecular complexity index is 687. The Kier molecular flexibility index (Phi) is 3.52. The van der Waals surface area contributed by atoms with E-state index < -0.39 is 0 Å². The lowest BCUT2D eigenvalue weighted by atomic mass is 9.89. The molecular formula is C17H18N4. The van der Waals surface area contributed by atoms with Crippen molar-refractivity contribution in [1.29, 1.82) is 0 Å². The van der Waals surface area contributed by atoms with Gasteiger partial charge >= 0.3 is 0 Å². The molecule has 1 aliphatic rings. The van der Waals surface area contributed by atoms with Crippen molar-refractivity contribution in [2.24, 2.45) is 10.1 Å². The summed E-state index contributed by atoms with van der Waals surface area (Å²) < 4.78 is 0. The van der Waals surface area contributed by atoms with Crippen molar-refractivity contribution in [1.82, 2.24) is 10.4 Å². The molecule has 3 rings (SSSR count). The van der Waals surface area contributed by atoms with E-state index in [2.05, 4.69) is 47.6 Å². The van der Waals surface area contributed by atoms with Gasteiger partial charge in [0.1, 0.15) is 5.84 Å². The molecule has 0 spiro atoms. The van der Waals surface area contributed by atoms with Gasteiger partial charge in [0, 0.05) is 18.0 Å². The number of nitrogens with one attached hydrogen (secondary N) is 1. The van der Waals surface area contributed by atoms with Gasteiger partial charge in [-0.15, -0.1) is 0 Å². The van der Waals surface area contributed by atoms with Crippen LogP contribution in [-0.2, 0) is 6.42 Å². The number of fused-ring (bicyclic) bond motifs is 1. The first-order valence-electron chi connectivity index (χ1n) is 7.01. The number of aromatic nitrogens is 1. The molecule has 0 saturated carbocycles. The van der Waals surface area contributed by atoms with Crippen molar-refractivity contribution in [2.75, 3.05) is 0 Å². The molecular weight excluding hydrogens is 260 g/mol. The minimum absolute atomic E-state index is 0.108. The number of benzene rings is 1. The zero-order chi connectivity index (χ0) is 14.7. The molecule has 0 fully saturated rings. The van der Waals surface area contributed by atoms with Crippen molar-refractivity contribution < 1.29 is 0 Å². The fraction of sp³-hybridized carbons (Fsp3) is 0.235. The van der Waals surface area contributed by atoms with E-state index in [0.717, 1.165) is 23.4 Å². The van der Waals surface area contributed by atoms with Crippen LogP contribution in [0, 0.1) is 0 Å². The van der Waals surface area contributed by atoms with E-state index in [0.29, 0.717) is 0 Å². The van der Waals surface area contributed by atoms with E-state index in [1.807, 2.05) is 18.2 Å². The summed E-state index contributed by atoms with van der Waals surface area (Å²) in [5.41, 5.74) is 6.41. The summed E-state index contributed by atoms with van der Waals surface area (Å²) in [4.78, 5) is 8.75. The van der Waals surface area contributed by atoms with Crippen molar-refractivity contribution >= 4 is 12.1 Å². The van der Waals surface area contributed by atoms with Crippen LogP contribution in [0.3, 0.4) is 0 Å². The second-order valence-corrected chi connectivity index (χ2v) is 5.76. The third-order valence-electron chi connectivity index (χ3n) is 3.40. The van der Waals surface area contributed by atoms with Crippen LogP contribution in [0.1, 0.15) is 30.5 Å². The Labute approximate surface area is 124 Å². The van der Waals surface area contributed by atoms with Crippen LogP contribution in [0.2, 0.25) is 0 Å². The van der Waals surface area contributed by atoms with Gasteiger partial charge in [-0.25, -0.2) is 0 Å². The van der Waals surface area contributed by atoms with E-state index >= 15 is 0 Å². The maximum absolute atomic E-state index is 4.77. The van der Waals surface area contributed by atoms with Crippen LogP contribution in [0.25, 0.3) is 0 Å². The van der Waals surface area contributed by atoms with Crippen molar-refractivity contribution in [2.45, 2.75) is 25.8 Å². The highest BCUT2D eigenvalue weighted by Gasteiger charge is 2.26. The predicted molar refractivity (Wildman–Crippen MR) is 85.7 cm³/mol. The van der Waals surface area contributed by atoms with Gasteiger partial charge in [-0.2, -0.15) is 5.10 Å². The Morgan fingerprint density at radius 2 is 1.90 bits per heavy atom. The lowest BCUT2D eigenvalue weighted by Gasteiger charge is -2.28. The SMILES string of the molecule is CC1(C)Cc2ccccc2C(N/N=C/c2ccncc2)=N1. The third-order valence-corrected chi connectivity index (χ3v) is 3.40. The highest BCUT2D eigenvalue weighted by Crippen LogP contribution is 2.25. The molecule has 1 N–H and O–H groups in total. The molecule has 0 aliphatic carbocycles. The molecule has 0 saturated heterocycles. The van der Waals surface area contributed by atoms with Gasteiger partial charge in [0.25, 0.3) is 0 Å². The smallest absolute Gasteiger partial charge is 0.149 e. The van der Waals surface area contributed by atoms with Gasteiger partial charge in [-0.1, -0.05) is 24.3 Å². The van der Waals surface area contributed by atoms with Crippen molar-refractivity contribution in [3.63, 3.8) is 0 Å². The summed E-state index contributed by atoms with van der Waals surface area (Å²) in [5.74, 6) is 0.826. The molecule has 1 aromatic heterocycles. The first-order chi connectivity index (χ1) is 10.1. The Morgan fingerprint density at radius 3 is 2.71 bits per heavy atom. The molecule has 2 aromatic rings. The van der Waals surface area contributed by atoms with E-state index in [-0.39, 0.29) is 5.54 Å². The molecule has 4 nitrogen and oxygen atoms in total. The highest BCUT2D eigenvalue weighted by molar-refractivity contribution is 6.01. The van der Waals surface area contributed by atoms with Crippen molar-refractivity contribution in [3.05, 3.63) is 65.5 Å². The molecule has 1 aromatic carbocycles. The molecule has 106 valence electrons. The Morgan fingerprint density at radius 1 is 1.14 bits per heavy atom. The molecule has 0 amide bonds. The monoisotopic (exact) mass is 278 g/mol.